The van der Waals surface area contributed by atoms with E-state index in [1.165, 1.54) is 0 Å². The zero-order valence-electron chi connectivity index (χ0n) is 12.2. The molecule has 0 unspecified atom stereocenters. The maximum absolute atomic E-state index is 12.5. The minimum Gasteiger partial charge on any atom is -0.548 e. The SMILES string of the molecule is CC(C)[C@@H](C(=O)[O-])N1C(=O)/C(=C/c2ccc(Cl)cc2Cl)SC1=S. The van der Waals surface area contributed by atoms with Crippen molar-refractivity contribution in [3.05, 3.63) is 38.7 Å². The van der Waals surface area contributed by atoms with Gasteiger partial charge in [0, 0.05) is 10.0 Å². The van der Waals surface area contributed by atoms with Crippen molar-refractivity contribution in [1.82, 2.24) is 4.90 Å². The van der Waals surface area contributed by atoms with Crippen molar-refractivity contribution < 1.29 is 14.7 Å². The van der Waals surface area contributed by atoms with E-state index >= 15 is 0 Å². The molecule has 0 bridgehead atoms. The van der Waals surface area contributed by atoms with Crippen LogP contribution in [-0.2, 0) is 9.59 Å². The third-order valence-electron chi connectivity index (χ3n) is 3.22. The summed E-state index contributed by atoms with van der Waals surface area (Å²) in [5.41, 5.74) is 0.603. The molecule has 1 atom stereocenters. The van der Waals surface area contributed by atoms with Gasteiger partial charge in [0.2, 0.25) is 0 Å². The van der Waals surface area contributed by atoms with E-state index in [1.54, 1.807) is 38.1 Å². The average Bonchev–Trinajstić information content (AvgIpc) is 2.69. The van der Waals surface area contributed by atoms with Gasteiger partial charge in [0.1, 0.15) is 4.32 Å². The van der Waals surface area contributed by atoms with Gasteiger partial charge >= 0.3 is 0 Å². The molecule has 2 rings (SSSR count). The Bertz CT molecular complexity index is 719. The number of benzene rings is 1. The van der Waals surface area contributed by atoms with Crippen LogP contribution in [0.25, 0.3) is 6.08 Å². The molecule has 0 aromatic heterocycles. The van der Waals surface area contributed by atoms with E-state index in [1.807, 2.05) is 0 Å². The topological polar surface area (TPSA) is 60.4 Å². The van der Waals surface area contributed by atoms with Crippen molar-refractivity contribution in [1.29, 1.82) is 0 Å². The second kappa shape index (κ2) is 7.21. The summed E-state index contributed by atoms with van der Waals surface area (Å²) in [6.07, 6.45) is 1.57. The van der Waals surface area contributed by atoms with Gasteiger partial charge in [-0.2, -0.15) is 0 Å². The lowest BCUT2D eigenvalue weighted by Gasteiger charge is -2.30. The number of aliphatic carboxylic acids is 1. The number of carbonyl (C=O) groups excluding carboxylic acids is 2. The molecule has 1 aromatic rings. The van der Waals surface area contributed by atoms with E-state index in [0.29, 0.717) is 20.5 Å². The van der Waals surface area contributed by atoms with Crippen molar-refractivity contribution in [2.24, 2.45) is 5.92 Å². The second-order valence-corrected chi connectivity index (χ2v) is 7.74. The first-order chi connectivity index (χ1) is 10.7. The van der Waals surface area contributed by atoms with Crippen LogP contribution in [-0.4, -0.2) is 27.1 Å². The van der Waals surface area contributed by atoms with Crippen molar-refractivity contribution in [2.45, 2.75) is 19.9 Å². The molecule has 4 nitrogen and oxygen atoms in total. The number of amides is 1. The van der Waals surface area contributed by atoms with Crippen molar-refractivity contribution in [2.75, 3.05) is 0 Å². The third-order valence-corrected chi connectivity index (χ3v) is 5.12. The van der Waals surface area contributed by atoms with E-state index in [0.717, 1.165) is 16.7 Å². The van der Waals surface area contributed by atoms with Gasteiger partial charge in [0.05, 0.1) is 16.9 Å². The van der Waals surface area contributed by atoms with Gasteiger partial charge in [-0.25, -0.2) is 0 Å². The van der Waals surface area contributed by atoms with Gasteiger partial charge in [0.15, 0.2) is 0 Å². The number of hydrogen-bond acceptors (Lipinski definition) is 5. The highest BCUT2D eigenvalue weighted by atomic mass is 35.5. The Kier molecular flexibility index (Phi) is 5.73. The molecule has 8 heteroatoms. The lowest BCUT2D eigenvalue weighted by atomic mass is 10.0. The number of nitrogens with zero attached hydrogens (tertiary/aromatic N) is 1. The maximum Gasteiger partial charge on any atom is 0.266 e. The lowest BCUT2D eigenvalue weighted by Crippen LogP contribution is -2.52. The van der Waals surface area contributed by atoms with Gasteiger partial charge in [0.25, 0.3) is 5.91 Å². The summed E-state index contributed by atoms with van der Waals surface area (Å²) in [6, 6.07) is 3.79. The molecular formula is C15H12Cl2NO3S2-. The number of carboxylic acids is 1. The van der Waals surface area contributed by atoms with Crippen LogP contribution in [0.1, 0.15) is 19.4 Å². The summed E-state index contributed by atoms with van der Waals surface area (Å²) < 4.78 is 0.189. The Morgan fingerprint density at radius 2 is 2.04 bits per heavy atom. The third kappa shape index (κ3) is 3.88. The van der Waals surface area contributed by atoms with Gasteiger partial charge in [-0.05, 0) is 29.7 Å². The molecule has 1 aliphatic rings. The molecule has 23 heavy (non-hydrogen) atoms. The predicted octanol–water partition coefficient (Wildman–Crippen LogP) is 2.97. The zero-order chi connectivity index (χ0) is 17.3. The largest absolute Gasteiger partial charge is 0.548 e. The number of hydrogen-bond donors (Lipinski definition) is 0. The fraction of sp³-hybridized carbons (Fsp3) is 0.267. The van der Waals surface area contributed by atoms with Crippen molar-refractivity contribution >= 4 is 69.5 Å². The van der Waals surface area contributed by atoms with Crippen LogP contribution in [0.15, 0.2) is 23.1 Å². The van der Waals surface area contributed by atoms with Crippen LogP contribution in [0.5, 0.6) is 0 Å². The summed E-state index contributed by atoms with van der Waals surface area (Å²) in [4.78, 5) is 25.3. The Morgan fingerprint density at radius 3 is 2.57 bits per heavy atom. The molecule has 122 valence electrons. The van der Waals surface area contributed by atoms with E-state index in [4.69, 9.17) is 35.4 Å². The molecule has 0 aliphatic carbocycles. The number of thiocarbonyl (C=S) groups is 1. The van der Waals surface area contributed by atoms with E-state index in [-0.39, 0.29) is 10.2 Å². The van der Waals surface area contributed by atoms with E-state index < -0.39 is 17.9 Å². The van der Waals surface area contributed by atoms with Gasteiger partial charge < -0.3 is 9.90 Å². The van der Waals surface area contributed by atoms with Crippen LogP contribution >= 0.6 is 47.2 Å². The number of halogens is 2. The number of rotatable bonds is 4. The Morgan fingerprint density at radius 1 is 1.39 bits per heavy atom. The standard InChI is InChI=1S/C15H13Cl2NO3S2/c1-7(2)12(14(20)21)18-13(19)11(23-15(18)22)5-8-3-4-9(16)6-10(8)17/h3-7,12H,1-2H3,(H,20,21)/p-1/b11-5-/t12-/m0/s1. The smallest absolute Gasteiger partial charge is 0.266 e. The highest BCUT2D eigenvalue weighted by Gasteiger charge is 2.39. The Balaban J connectivity index is 2.37. The summed E-state index contributed by atoms with van der Waals surface area (Å²) in [6.45, 7) is 3.39. The fourth-order valence-corrected chi connectivity index (χ4v) is 3.94. The highest BCUT2D eigenvalue weighted by Crippen LogP contribution is 2.36. The molecule has 1 saturated heterocycles. The molecule has 1 amide bonds. The van der Waals surface area contributed by atoms with E-state index in [9.17, 15) is 14.7 Å². The Hall–Kier alpha value is -1.08. The van der Waals surface area contributed by atoms with Crippen LogP contribution in [0.3, 0.4) is 0 Å². The quantitative estimate of drug-likeness (QED) is 0.585. The maximum atomic E-state index is 12.5. The van der Waals surface area contributed by atoms with Crippen molar-refractivity contribution in [3.8, 4) is 0 Å². The van der Waals surface area contributed by atoms with Crippen molar-refractivity contribution in [3.63, 3.8) is 0 Å². The normalized spacial score (nSPS) is 18.1. The summed E-state index contributed by atoms with van der Waals surface area (Å²) >= 11 is 18.1. The lowest BCUT2D eigenvalue weighted by molar-refractivity contribution is -0.311. The summed E-state index contributed by atoms with van der Waals surface area (Å²) in [5.74, 6) is -2.13. The van der Waals surface area contributed by atoms with Crippen LogP contribution < -0.4 is 5.11 Å². The minimum absolute atomic E-state index is 0.189. The summed E-state index contributed by atoms with van der Waals surface area (Å²) in [7, 11) is 0. The fourth-order valence-electron chi connectivity index (χ4n) is 2.16. The second-order valence-electron chi connectivity index (χ2n) is 5.23. The molecule has 1 heterocycles. The molecule has 0 N–H and O–H groups in total. The molecule has 1 aromatic carbocycles. The highest BCUT2D eigenvalue weighted by molar-refractivity contribution is 8.26. The van der Waals surface area contributed by atoms with Gasteiger partial charge in [-0.1, -0.05) is 67.1 Å². The molecule has 0 saturated carbocycles. The molecule has 0 spiro atoms. The number of thioether (sulfide) groups is 1. The monoisotopic (exact) mass is 388 g/mol. The average molecular weight is 389 g/mol. The van der Waals surface area contributed by atoms with E-state index in [2.05, 4.69) is 0 Å². The molecular weight excluding hydrogens is 377 g/mol. The molecule has 1 aliphatic heterocycles. The summed E-state index contributed by atoms with van der Waals surface area (Å²) in [5, 5.41) is 12.2. The minimum atomic E-state index is -1.33. The van der Waals surface area contributed by atoms with Gasteiger partial charge in [-0.3, -0.25) is 9.69 Å². The number of carboxylic acid groups (broad SMARTS) is 1. The first-order valence-electron chi connectivity index (χ1n) is 6.65. The molecule has 0 radical (unpaired) electrons. The van der Waals surface area contributed by atoms with Gasteiger partial charge in [-0.15, -0.1) is 0 Å². The van der Waals surface area contributed by atoms with Crippen LogP contribution in [0.4, 0.5) is 0 Å². The van der Waals surface area contributed by atoms with Crippen LogP contribution in [0, 0.1) is 5.92 Å². The number of carbonyl (C=O) groups is 2. The van der Waals surface area contributed by atoms with Crippen LogP contribution in [0.2, 0.25) is 10.0 Å². The molecule has 1 fully saturated rings. The predicted molar refractivity (Wildman–Crippen MR) is 95.1 cm³/mol. The first-order valence-corrected chi connectivity index (χ1v) is 8.63. The zero-order valence-corrected chi connectivity index (χ0v) is 15.4. The first kappa shape index (κ1) is 18.3. The Labute approximate surface area is 153 Å².